The van der Waals surface area contributed by atoms with Gasteiger partial charge >= 0.3 is 11.9 Å². The van der Waals surface area contributed by atoms with Crippen molar-refractivity contribution < 1.29 is 37.1 Å². The summed E-state index contributed by atoms with van der Waals surface area (Å²) in [4.78, 5) is 51.6. The molecule has 0 aliphatic carbocycles. The minimum atomic E-state index is -3.80. The standard InChI is InChI=1S/C25H29N3O8S2/c1-15(29)27-11-10-19-20(14-27)37-23(21(19)25(32)36-3)26-22(30)16-4-6-18(7-5-16)38(33,34)28-12-8-17(9-13-28)24(31)35-2/h4-7,17H,8-14H2,1-3H3,(H,26,30). The first kappa shape index (κ1) is 27.7. The van der Waals surface area contributed by atoms with Crippen molar-refractivity contribution in [2.24, 2.45) is 5.92 Å². The predicted octanol–water partition coefficient (Wildman–Crippen LogP) is 2.27. The van der Waals surface area contributed by atoms with E-state index in [4.69, 9.17) is 9.47 Å². The van der Waals surface area contributed by atoms with E-state index in [-0.39, 0.29) is 46.9 Å². The lowest BCUT2D eigenvalue weighted by molar-refractivity contribution is -0.146. The Hall–Kier alpha value is -3.29. The van der Waals surface area contributed by atoms with Gasteiger partial charge in [0.25, 0.3) is 5.91 Å². The molecule has 1 aromatic heterocycles. The number of nitrogens with zero attached hydrogens (tertiary/aromatic N) is 2. The van der Waals surface area contributed by atoms with Crippen LogP contribution in [-0.4, -0.2) is 75.2 Å². The van der Waals surface area contributed by atoms with Crippen LogP contribution in [-0.2, 0) is 42.1 Å². The predicted molar refractivity (Wildman–Crippen MR) is 138 cm³/mol. The van der Waals surface area contributed by atoms with Gasteiger partial charge in [-0.05, 0) is 49.1 Å². The quantitative estimate of drug-likeness (QED) is 0.528. The number of thiophene rings is 1. The SMILES string of the molecule is COC(=O)c1c(NC(=O)c2ccc(S(=O)(=O)N3CCC(C(=O)OC)CC3)cc2)sc2c1CCN(C(C)=O)C2. The number of ether oxygens (including phenoxy) is 2. The van der Waals surface area contributed by atoms with Crippen LogP contribution in [0.4, 0.5) is 5.00 Å². The highest BCUT2D eigenvalue weighted by Gasteiger charge is 2.33. The molecule has 0 bridgehead atoms. The molecule has 1 fully saturated rings. The van der Waals surface area contributed by atoms with Crippen molar-refractivity contribution in [3.63, 3.8) is 0 Å². The van der Waals surface area contributed by atoms with Gasteiger partial charge in [-0.25, -0.2) is 13.2 Å². The number of rotatable bonds is 6. The average molecular weight is 564 g/mol. The molecule has 0 atom stereocenters. The highest BCUT2D eigenvalue weighted by molar-refractivity contribution is 7.89. The van der Waals surface area contributed by atoms with E-state index >= 15 is 0 Å². The fraction of sp³-hybridized carbons (Fsp3) is 0.440. The normalized spacial score (nSPS) is 16.4. The van der Waals surface area contributed by atoms with Crippen molar-refractivity contribution in [3.8, 4) is 0 Å². The van der Waals surface area contributed by atoms with E-state index in [2.05, 4.69) is 5.32 Å². The zero-order chi connectivity index (χ0) is 27.6. The van der Waals surface area contributed by atoms with E-state index < -0.39 is 21.9 Å². The van der Waals surface area contributed by atoms with Gasteiger partial charge in [0.2, 0.25) is 15.9 Å². The summed E-state index contributed by atoms with van der Waals surface area (Å²) in [5.74, 6) is -1.82. The van der Waals surface area contributed by atoms with Gasteiger partial charge in [0.15, 0.2) is 0 Å². The molecule has 11 nitrogen and oxygen atoms in total. The molecule has 0 unspecified atom stereocenters. The number of carbonyl (C=O) groups is 4. The Bertz CT molecular complexity index is 1360. The van der Waals surface area contributed by atoms with Gasteiger partial charge in [-0.3, -0.25) is 14.4 Å². The number of nitrogens with one attached hydrogen (secondary N) is 1. The third-order valence-corrected chi connectivity index (χ3v) is 9.91. The lowest BCUT2D eigenvalue weighted by Crippen LogP contribution is -2.40. The number of carbonyl (C=O) groups excluding carboxylic acids is 4. The van der Waals surface area contributed by atoms with Crippen molar-refractivity contribution in [2.75, 3.05) is 39.2 Å². The molecule has 1 N–H and O–H groups in total. The summed E-state index contributed by atoms with van der Waals surface area (Å²) in [5.41, 5.74) is 1.24. The van der Waals surface area contributed by atoms with Crippen molar-refractivity contribution in [1.82, 2.24) is 9.21 Å². The highest BCUT2D eigenvalue weighted by atomic mass is 32.2. The van der Waals surface area contributed by atoms with E-state index in [1.807, 2.05) is 0 Å². The second-order valence-electron chi connectivity index (χ2n) is 9.07. The Labute approximate surface area is 224 Å². The Morgan fingerprint density at radius 1 is 1.00 bits per heavy atom. The molecule has 2 aliphatic rings. The Balaban J connectivity index is 1.49. The van der Waals surface area contributed by atoms with Crippen molar-refractivity contribution in [1.29, 1.82) is 0 Å². The van der Waals surface area contributed by atoms with Gasteiger partial charge in [-0.2, -0.15) is 4.31 Å². The average Bonchev–Trinajstić information content (AvgIpc) is 3.29. The Morgan fingerprint density at radius 3 is 2.24 bits per heavy atom. The van der Waals surface area contributed by atoms with Crippen LogP contribution in [0.15, 0.2) is 29.2 Å². The largest absolute Gasteiger partial charge is 0.469 e. The Morgan fingerprint density at radius 2 is 1.66 bits per heavy atom. The number of piperidine rings is 1. The highest BCUT2D eigenvalue weighted by Crippen LogP contribution is 2.38. The van der Waals surface area contributed by atoms with Gasteiger partial charge in [0.1, 0.15) is 5.00 Å². The molecule has 2 aromatic rings. The first-order chi connectivity index (χ1) is 18.1. The molecule has 2 amide bonds. The molecular weight excluding hydrogens is 534 g/mol. The summed E-state index contributed by atoms with van der Waals surface area (Å²) in [7, 11) is -1.22. The van der Waals surface area contributed by atoms with E-state index in [1.54, 1.807) is 4.90 Å². The van der Waals surface area contributed by atoms with Crippen LogP contribution in [0.1, 0.15) is 50.9 Å². The third kappa shape index (κ3) is 5.45. The van der Waals surface area contributed by atoms with E-state index in [0.717, 1.165) is 10.4 Å². The van der Waals surface area contributed by atoms with Gasteiger partial charge in [-0.15, -0.1) is 11.3 Å². The molecule has 0 saturated carbocycles. The molecule has 204 valence electrons. The second-order valence-corrected chi connectivity index (χ2v) is 12.1. The van der Waals surface area contributed by atoms with Gasteiger partial charge in [0, 0.05) is 37.0 Å². The molecule has 1 saturated heterocycles. The lowest BCUT2D eigenvalue weighted by atomic mass is 9.99. The van der Waals surface area contributed by atoms with Crippen LogP contribution in [0.25, 0.3) is 0 Å². The van der Waals surface area contributed by atoms with E-state index in [9.17, 15) is 27.6 Å². The van der Waals surface area contributed by atoms with Crippen LogP contribution in [0.2, 0.25) is 0 Å². The molecule has 4 rings (SSSR count). The fourth-order valence-electron chi connectivity index (χ4n) is 4.68. The number of amides is 2. The molecular formula is C25H29N3O8S2. The molecule has 0 radical (unpaired) electrons. The molecule has 3 heterocycles. The monoisotopic (exact) mass is 563 g/mol. The lowest BCUT2D eigenvalue weighted by Gasteiger charge is -2.29. The number of hydrogen-bond acceptors (Lipinski definition) is 9. The number of fused-ring (bicyclic) bond motifs is 1. The third-order valence-electron chi connectivity index (χ3n) is 6.86. The van der Waals surface area contributed by atoms with Crippen LogP contribution >= 0.6 is 11.3 Å². The maximum Gasteiger partial charge on any atom is 0.341 e. The summed E-state index contributed by atoms with van der Waals surface area (Å²) in [6.07, 6.45) is 1.23. The van der Waals surface area contributed by atoms with Crippen LogP contribution in [0, 0.1) is 5.92 Å². The molecule has 0 spiro atoms. The Kier molecular flexibility index (Phi) is 8.19. The van der Waals surface area contributed by atoms with Gasteiger partial charge in [0.05, 0.1) is 37.1 Å². The smallest absolute Gasteiger partial charge is 0.341 e. The fourth-order valence-corrected chi connectivity index (χ4v) is 7.40. The minimum Gasteiger partial charge on any atom is -0.469 e. The van der Waals surface area contributed by atoms with Crippen molar-refractivity contribution in [3.05, 3.63) is 45.8 Å². The minimum absolute atomic E-state index is 0.0386. The first-order valence-corrected chi connectivity index (χ1v) is 14.3. The molecule has 13 heteroatoms. The van der Waals surface area contributed by atoms with Crippen molar-refractivity contribution in [2.45, 2.75) is 37.6 Å². The number of anilines is 1. The number of benzene rings is 1. The topological polar surface area (TPSA) is 139 Å². The summed E-state index contributed by atoms with van der Waals surface area (Å²) in [5, 5.41) is 3.08. The van der Waals surface area contributed by atoms with E-state index in [1.165, 1.54) is 61.1 Å². The van der Waals surface area contributed by atoms with Gasteiger partial charge in [-0.1, -0.05) is 0 Å². The van der Waals surface area contributed by atoms with Crippen LogP contribution < -0.4 is 5.32 Å². The van der Waals surface area contributed by atoms with E-state index in [0.29, 0.717) is 37.4 Å². The first-order valence-electron chi connectivity index (χ1n) is 12.0. The number of methoxy groups -OCH3 is 2. The number of esters is 2. The zero-order valence-corrected chi connectivity index (χ0v) is 22.9. The van der Waals surface area contributed by atoms with Crippen LogP contribution in [0.5, 0.6) is 0 Å². The molecule has 2 aliphatic heterocycles. The summed E-state index contributed by atoms with van der Waals surface area (Å²) >= 11 is 1.22. The number of hydrogen-bond donors (Lipinski definition) is 1. The summed E-state index contributed by atoms with van der Waals surface area (Å²) < 4.78 is 37.2. The molecule has 1 aromatic carbocycles. The number of sulfonamides is 1. The van der Waals surface area contributed by atoms with Gasteiger partial charge < -0.3 is 19.7 Å². The molecule has 38 heavy (non-hydrogen) atoms. The zero-order valence-electron chi connectivity index (χ0n) is 21.3. The van der Waals surface area contributed by atoms with Crippen molar-refractivity contribution >= 4 is 50.1 Å². The summed E-state index contributed by atoms with van der Waals surface area (Å²) in [6.45, 7) is 2.69. The summed E-state index contributed by atoms with van der Waals surface area (Å²) in [6, 6.07) is 5.54. The maximum absolute atomic E-state index is 13.1. The second kappa shape index (κ2) is 11.2. The van der Waals surface area contributed by atoms with Crippen LogP contribution in [0.3, 0.4) is 0 Å². The maximum atomic E-state index is 13.1.